The van der Waals surface area contributed by atoms with Crippen LogP contribution in [0.4, 0.5) is 0 Å². The minimum Gasteiger partial charge on any atom is -0.464 e. The third-order valence-electron chi connectivity index (χ3n) is 5.09. The molecule has 2 unspecified atom stereocenters. The summed E-state index contributed by atoms with van der Waals surface area (Å²) in [5, 5.41) is 37.0. The number of esters is 2. The highest BCUT2D eigenvalue weighted by atomic mass is 16.5. The molecule has 0 saturated carbocycles. The fourth-order valence-corrected chi connectivity index (χ4v) is 3.11. The van der Waals surface area contributed by atoms with Crippen LogP contribution in [0.25, 0.3) is 0 Å². The number of rotatable bonds is 22. The monoisotopic (exact) mass is 448 g/mol. The van der Waals surface area contributed by atoms with Gasteiger partial charge >= 0.3 is 11.9 Å². The van der Waals surface area contributed by atoms with Crippen LogP contribution in [0.1, 0.15) is 96.3 Å². The smallest absolute Gasteiger partial charge is 0.334 e. The Labute approximate surface area is 186 Å². The van der Waals surface area contributed by atoms with Gasteiger partial charge in [-0.05, 0) is 51.4 Å². The molecule has 0 bridgehead atoms. The lowest BCUT2D eigenvalue weighted by atomic mass is 10.1. The molecule has 0 aromatic rings. The largest absolute Gasteiger partial charge is 0.464 e. The third-order valence-corrected chi connectivity index (χ3v) is 5.09. The maximum absolute atomic E-state index is 11.7. The van der Waals surface area contributed by atoms with Crippen molar-refractivity contribution in [2.24, 2.45) is 0 Å². The maximum Gasteiger partial charge on any atom is 0.334 e. The first-order valence-electron chi connectivity index (χ1n) is 11.9. The zero-order valence-corrected chi connectivity index (χ0v) is 19.0. The standard InChI is InChI=1S/C23H44O8/c24-16-10-4-6-12-18-30-22(28)20(26)14-8-2-1-3-9-15-21(27)23(29)31-19-13-7-5-11-17-25/h20-21,24-27H,1-19H2. The van der Waals surface area contributed by atoms with Crippen molar-refractivity contribution < 1.29 is 39.5 Å². The van der Waals surface area contributed by atoms with Crippen LogP contribution in [0.15, 0.2) is 0 Å². The van der Waals surface area contributed by atoms with Gasteiger partial charge in [0.2, 0.25) is 0 Å². The molecule has 8 heteroatoms. The van der Waals surface area contributed by atoms with Gasteiger partial charge in [0.1, 0.15) is 0 Å². The van der Waals surface area contributed by atoms with Crippen LogP contribution >= 0.6 is 0 Å². The molecule has 0 aliphatic carbocycles. The minimum absolute atomic E-state index is 0.179. The van der Waals surface area contributed by atoms with Gasteiger partial charge in [-0.25, -0.2) is 9.59 Å². The SMILES string of the molecule is O=C(OCCCCCCO)C(O)CCCCCCCC(O)C(=O)OCCCCCCO. The topological polar surface area (TPSA) is 134 Å². The summed E-state index contributed by atoms with van der Waals surface area (Å²) in [4.78, 5) is 23.4. The molecule has 8 nitrogen and oxygen atoms in total. The first-order chi connectivity index (χ1) is 15.0. The summed E-state index contributed by atoms with van der Waals surface area (Å²) in [6.45, 7) is 0.962. The molecule has 4 N–H and O–H groups in total. The molecule has 0 radical (unpaired) electrons. The Balaban J connectivity index is 3.53. The predicted molar refractivity (Wildman–Crippen MR) is 117 cm³/mol. The average Bonchev–Trinajstić information content (AvgIpc) is 2.77. The van der Waals surface area contributed by atoms with Crippen molar-refractivity contribution in [2.75, 3.05) is 26.4 Å². The van der Waals surface area contributed by atoms with Crippen LogP contribution in [0, 0.1) is 0 Å². The van der Waals surface area contributed by atoms with E-state index in [1.807, 2.05) is 0 Å². The van der Waals surface area contributed by atoms with E-state index in [-0.39, 0.29) is 13.2 Å². The number of unbranched alkanes of at least 4 members (excludes halogenated alkanes) is 10. The van der Waals surface area contributed by atoms with Gasteiger partial charge in [-0.3, -0.25) is 0 Å². The van der Waals surface area contributed by atoms with Crippen molar-refractivity contribution in [3.05, 3.63) is 0 Å². The van der Waals surface area contributed by atoms with Crippen LogP contribution in [-0.4, -0.2) is 71.0 Å². The molecule has 0 fully saturated rings. The van der Waals surface area contributed by atoms with E-state index in [2.05, 4.69) is 0 Å². The number of carbonyl (C=O) groups is 2. The second kappa shape index (κ2) is 22.0. The fourth-order valence-electron chi connectivity index (χ4n) is 3.11. The summed E-state index contributed by atoms with van der Waals surface area (Å²) in [6.07, 6.45) is 9.21. The highest BCUT2D eigenvalue weighted by molar-refractivity contribution is 5.74. The first-order valence-corrected chi connectivity index (χ1v) is 11.9. The summed E-state index contributed by atoms with van der Waals surface area (Å²) >= 11 is 0. The molecular formula is C23H44O8. The number of hydrogen-bond acceptors (Lipinski definition) is 8. The van der Waals surface area contributed by atoms with E-state index in [0.717, 1.165) is 70.6 Å². The molecule has 184 valence electrons. The molecule has 0 heterocycles. The van der Waals surface area contributed by atoms with Gasteiger partial charge in [0.15, 0.2) is 12.2 Å². The van der Waals surface area contributed by atoms with Crippen LogP contribution in [0.2, 0.25) is 0 Å². The summed E-state index contributed by atoms with van der Waals surface area (Å²) in [6, 6.07) is 0. The van der Waals surface area contributed by atoms with Crippen LogP contribution < -0.4 is 0 Å². The average molecular weight is 449 g/mol. The number of aliphatic hydroxyl groups excluding tert-OH is 4. The summed E-state index contributed by atoms with van der Waals surface area (Å²) in [5.41, 5.74) is 0. The van der Waals surface area contributed by atoms with Crippen molar-refractivity contribution in [1.82, 2.24) is 0 Å². The van der Waals surface area contributed by atoms with Crippen molar-refractivity contribution in [3.8, 4) is 0 Å². The number of hydrogen-bond donors (Lipinski definition) is 4. The Hall–Kier alpha value is -1.22. The summed E-state index contributed by atoms with van der Waals surface area (Å²) in [5.74, 6) is -1.14. The van der Waals surface area contributed by atoms with Gasteiger partial charge < -0.3 is 29.9 Å². The number of aliphatic hydroxyl groups is 4. The normalized spacial score (nSPS) is 13.0. The lowest BCUT2D eigenvalue weighted by Gasteiger charge is -2.11. The highest BCUT2D eigenvalue weighted by Crippen LogP contribution is 2.12. The van der Waals surface area contributed by atoms with E-state index in [1.54, 1.807) is 0 Å². The van der Waals surface area contributed by atoms with Gasteiger partial charge in [-0.15, -0.1) is 0 Å². The predicted octanol–water partition coefficient (Wildman–Crippen LogP) is 2.63. The second-order valence-electron chi connectivity index (χ2n) is 7.99. The van der Waals surface area contributed by atoms with E-state index in [0.29, 0.717) is 38.9 Å². The van der Waals surface area contributed by atoms with Crippen molar-refractivity contribution in [2.45, 2.75) is 109 Å². The highest BCUT2D eigenvalue weighted by Gasteiger charge is 2.17. The molecule has 0 saturated heterocycles. The van der Waals surface area contributed by atoms with E-state index in [4.69, 9.17) is 19.7 Å². The lowest BCUT2D eigenvalue weighted by molar-refractivity contribution is -0.154. The summed E-state index contributed by atoms with van der Waals surface area (Å²) in [7, 11) is 0. The molecule has 0 spiro atoms. The Morgan fingerprint density at radius 3 is 1.23 bits per heavy atom. The molecule has 0 amide bonds. The molecule has 0 aliphatic rings. The Morgan fingerprint density at radius 1 is 0.516 bits per heavy atom. The van der Waals surface area contributed by atoms with Gasteiger partial charge in [0.25, 0.3) is 0 Å². The Kier molecular flexibility index (Phi) is 21.1. The molecule has 2 atom stereocenters. The Bertz CT molecular complexity index is 392. The maximum atomic E-state index is 11.7. The van der Waals surface area contributed by atoms with E-state index < -0.39 is 24.1 Å². The minimum atomic E-state index is -1.09. The first kappa shape index (κ1) is 29.8. The van der Waals surface area contributed by atoms with Gasteiger partial charge in [0.05, 0.1) is 13.2 Å². The zero-order chi connectivity index (χ0) is 23.2. The van der Waals surface area contributed by atoms with Crippen molar-refractivity contribution in [3.63, 3.8) is 0 Å². The molecule has 0 rings (SSSR count). The van der Waals surface area contributed by atoms with Crippen LogP contribution in [0.3, 0.4) is 0 Å². The van der Waals surface area contributed by atoms with E-state index in [1.165, 1.54) is 0 Å². The summed E-state index contributed by atoms with van der Waals surface area (Å²) < 4.78 is 10.1. The fraction of sp³-hybridized carbons (Fsp3) is 0.913. The van der Waals surface area contributed by atoms with E-state index >= 15 is 0 Å². The molecule has 31 heavy (non-hydrogen) atoms. The van der Waals surface area contributed by atoms with Crippen LogP contribution in [0.5, 0.6) is 0 Å². The Morgan fingerprint density at radius 2 is 0.839 bits per heavy atom. The molecule has 0 aliphatic heterocycles. The number of carbonyl (C=O) groups excluding carboxylic acids is 2. The van der Waals surface area contributed by atoms with Crippen molar-refractivity contribution in [1.29, 1.82) is 0 Å². The van der Waals surface area contributed by atoms with Gasteiger partial charge in [-0.2, -0.15) is 0 Å². The van der Waals surface area contributed by atoms with Crippen molar-refractivity contribution >= 4 is 11.9 Å². The second-order valence-corrected chi connectivity index (χ2v) is 7.99. The van der Waals surface area contributed by atoms with E-state index in [9.17, 15) is 19.8 Å². The molecule has 0 aromatic heterocycles. The third kappa shape index (κ3) is 19.2. The van der Waals surface area contributed by atoms with Crippen LogP contribution in [-0.2, 0) is 19.1 Å². The molecule has 0 aromatic carbocycles. The number of ether oxygens (including phenoxy) is 2. The van der Waals surface area contributed by atoms with Gasteiger partial charge in [0, 0.05) is 13.2 Å². The molecular weight excluding hydrogens is 404 g/mol. The van der Waals surface area contributed by atoms with Gasteiger partial charge in [-0.1, -0.05) is 44.9 Å². The zero-order valence-electron chi connectivity index (χ0n) is 19.0. The lowest BCUT2D eigenvalue weighted by Crippen LogP contribution is -2.23. The quantitative estimate of drug-likeness (QED) is 0.147.